The third-order valence-electron chi connectivity index (χ3n) is 2.74. The van der Waals surface area contributed by atoms with Crippen molar-refractivity contribution in [2.75, 3.05) is 5.32 Å². The van der Waals surface area contributed by atoms with Gasteiger partial charge in [0.15, 0.2) is 11.6 Å². The molecule has 0 aliphatic heterocycles. The Morgan fingerprint density at radius 2 is 1.65 bits per heavy atom. The fraction of sp³-hybridized carbons (Fsp3) is 0.0714. The molecular weight excluding hydrogens is 285 g/mol. The van der Waals surface area contributed by atoms with Crippen molar-refractivity contribution in [1.82, 2.24) is 0 Å². The number of hydrogen-bond acceptors (Lipinski definition) is 2. The van der Waals surface area contributed by atoms with Gasteiger partial charge < -0.3 is 11.1 Å². The molecule has 0 unspecified atom stereocenters. The van der Waals surface area contributed by atoms with Gasteiger partial charge in [0.05, 0.1) is 5.69 Å². The van der Waals surface area contributed by atoms with Crippen LogP contribution in [0.1, 0.15) is 11.1 Å². The zero-order chi connectivity index (χ0) is 14.7. The summed E-state index contributed by atoms with van der Waals surface area (Å²) >= 11 is 4.62. The molecule has 0 saturated carbocycles. The summed E-state index contributed by atoms with van der Waals surface area (Å²) in [5, 5.41) is 2.73. The van der Waals surface area contributed by atoms with Gasteiger partial charge in [-0.25, -0.2) is 13.2 Å². The third kappa shape index (κ3) is 3.08. The van der Waals surface area contributed by atoms with E-state index in [1.54, 1.807) is 12.1 Å². The molecule has 0 bridgehead atoms. The van der Waals surface area contributed by atoms with E-state index in [4.69, 9.17) is 5.73 Å². The molecule has 0 radical (unpaired) electrons. The summed E-state index contributed by atoms with van der Waals surface area (Å²) in [7, 11) is 0. The molecule has 0 amide bonds. The van der Waals surface area contributed by atoms with Crippen LogP contribution in [0.2, 0.25) is 0 Å². The highest BCUT2D eigenvalue weighted by Gasteiger charge is 2.14. The predicted molar refractivity (Wildman–Crippen MR) is 76.0 cm³/mol. The van der Waals surface area contributed by atoms with Crippen LogP contribution in [0, 0.1) is 17.5 Å². The van der Waals surface area contributed by atoms with Gasteiger partial charge in [-0.05, 0) is 29.8 Å². The van der Waals surface area contributed by atoms with Crippen molar-refractivity contribution < 1.29 is 13.2 Å². The fourth-order valence-corrected chi connectivity index (χ4v) is 1.83. The van der Waals surface area contributed by atoms with Crippen LogP contribution in [0.15, 0.2) is 36.4 Å². The minimum atomic E-state index is -1.08. The molecule has 0 aromatic heterocycles. The average Bonchev–Trinajstić information content (AvgIpc) is 2.42. The zero-order valence-corrected chi connectivity index (χ0v) is 11.1. The van der Waals surface area contributed by atoms with Gasteiger partial charge in [-0.15, -0.1) is 0 Å². The maximum atomic E-state index is 13.8. The Kier molecular flexibility index (Phi) is 4.24. The van der Waals surface area contributed by atoms with Crippen LogP contribution in [-0.4, -0.2) is 4.99 Å². The number of benzene rings is 2. The highest BCUT2D eigenvalue weighted by Crippen LogP contribution is 2.21. The van der Waals surface area contributed by atoms with Crippen molar-refractivity contribution in [3.05, 3.63) is 65.0 Å². The SMILES string of the molecule is NC(=S)c1ccc(NCc2ccc(F)cc2)c(F)c1F. The van der Waals surface area contributed by atoms with E-state index in [-0.39, 0.29) is 28.6 Å². The minimum absolute atomic E-state index is 0.00757. The summed E-state index contributed by atoms with van der Waals surface area (Å²) in [5.41, 5.74) is 5.88. The van der Waals surface area contributed by atoms with E-state index in [1.165, 1.54) is 24.3 Å². The van der Waals surface area contributed by atoms with Crippen LogP contribution >= 0.6 is 12.2 Å². The maximum absolute atomic E-state index is 13.8. The number of rotatable bonds is 4. The van der Waals surface area contributed by atoms with Crippen molar-refractivity contribution in [2.45, 2.75) is 6.54 Å². The first-order valence-electron chi connectivity index (χ1n) is 5.75. The summed E-state index contributed by atoms with van der Waals surface area (Å²) in [4.78, 5) is -0.202. The number of nitrogens with two attached hydrogens (primary N) is 1. The predicted octanol–water partition coefficient (Wildman–Crippen LogP) is 3.35. The van der Waals surface area contributed by atoms with E-state index in [1.807, 2.05) is 0 Å². The fourth-order valence-electron chi connectivity index (χ4n) is 1.68. The summed E-state index contributed by atoms with van der Waals surface area (Å²) < 4.78 is 40.2. The van der Waals surface area contributed by atoms with Crippen LogP contribution in [0.25, 0.3) is 0 Å². The van der Waals surface area contributed by atoms with E-state index in [2.05, 4.69) is 17.5 Å². The molecule has 0 aliphatic carbocycles. The lowest BCUT2D eigenvalue weighted by molar-refractivity contribution is 0.509. The lowest BCUT2D eigenvalue weighted by atomic mass is 10.1. The molecule has 0 fully saturated rings. The van der Waals surface area contributed by atoms with Crippen LogP contribution in [-0.2, 0) is 6.54 Å². The van der Waals surface area contributed by atoms with Gasteiger partial charge in [0.1, 0.15) is 10.8 Å². The first-order valence-corrected chi connectivity index (χ1v) is 6.16. The summed E-state index contributed by atoms with van der Waals surface area (Å²) in [5.74, 6) is -2.48. The molecule has 0 atom stereocenters. The molecule has 2 aromatic carbocycles. The van der Waals surface area contributed by atoms with Crippen LogP contribution < -0.4 is 11.1 Å². The van der Waals surface area contributed by atoms with Gasteiger partial charge in [0.2, 0.25) is 0 Å². The van der Waals surface area contributed by atoms with E-state index < -0.39 is 11.6 Å². The second kappa shape index (κ2) is 5.92. The van der Waals surface area contributed by atoms with Gasteiger partial charge in [-0.1, -0.05) is 24.4 Å². The second-order valence-electron chi connectivity index (χ2n) is 4.13. The number of thiocarbonyl (C=S) groups is 1. The standard InChI is InChI=1S/C14H11F3N2S/c15-9-3-1-8(2-4-9)7-19-11-6-5-10(14(18)20)12(16)13(11)17/h1-6,19H,7H2,(H2,18,20). The third-order valence-corrected chi connectivity index (χ3v) is 2.96. The quantitative estimate of drug-likeness (QED) is 0.850. The average molecular weight is 296 g/mol. The molecule has 2 aromatic rings. The van der Waals surface area contributed by atoms with Crippen LogP contribution in [0.5, 0.6) is 0 Å². The van der Waals surface area contributed by atoms with Crippen molar-refractivity contribution in [2.24, 2.45) is 5.73 Å². The largest absolute Gasteiger partial charge is 0.389 e. The van der Waals surface area contributed by atoms with Crippen molar-refractivity contribution >= 4 is 22.9 Å². The van der Waals surface area contributed by atoms with E-state index in [0.29, 0.717) is 0 Å². The molecular formula is C14H11F3N2S. The van der Waals surface area contributed by atoms with Gasteiger partial charge in [0, 0.05) is 12.1 Å². The summed E-state index contributed by atoms with van der Waals surface area (Å²) in [6.07, 6.45) is 0. The highest BCUT2D eigenvalue weighted by atomic mass is 32.1. The van der Waals surface area contributed by atoms with Gasteiger partial charge in [0.25, 0.3) is 0 Å². The van der Waals surface area contributed by atoms with Crippen molar-refractivity contribution in [3.63, 3.8) is 0 Å². The molecule has 2 rings (SSSR count). The summed E-state index contributed by atoms with van der Waals surface area (Å²) in [6, 6.07) is 8.37. The molecule has 0 heterocycles. The number of nitrogens with one attached hydrogen (secondary N) is 1. The first-order chi connectivity index (χ1) is 9.49. The second-order valence-corrected chi connectivity index (χ2v) is 4.57. The Morgan fingerprint density at radius 3 is 2.25 bits per heavy atom. The molecule has 6 heteroatoms. The lowest BCUT2D eigenvalue weighted by Gasteiger charge is -2.10. The Bertz CT molecular complexity index is 642. The smallest absolute Gasteiger partial charge is 0.182 e. The molecule has 0 spiro atoms. The zero-order valence-electron chi connectivity index (χ0n) is 10.3. The monoisotopic (exact) mass is 296 g/mol. The lowest BCUT2D eigenvalue weighted by Crippen LogP contribution is -2.14. The Labute approximate surface area is 119 Å². The number of anilines is 1. The Hall–Kier alpha value is -2.08. The topological polar surface area (TPSA) is 38.0 Å². The van der Waals surface area contributed by atoms with Crippen LogP contribution in [0.3, 0.4) is 0 Å². The van der Waals surface area contributed by atoms with E-state index in [0.717, 1.165) is 5.56 Å². The van der Waals surface area contributed by atoms with Gasteiger partial charge in [-0.2, -0.15) is 0 Å². The minimum Gasteiger partial charge on any atom is -0.389 e. The Balaban J connectivity index is 2.16. The van der Waals surface area contributed by atoms with Gasteiger partial charge in [-0.3, -0.25) is 0 Å². The van der Waals surface area contributed by atoms with E-state index in [9.17, 15) is 13.2 Å². The van der Waals surface area contributed by atoms with E-state index >= 15 is 0 Å². The van der Waals surface area contributed by atoms with Crippen molar-refractivity contribution in [3.8, 4) is 0 Å². The molecule has 3 N–H and O–H groups in total. The maximum Gasteiger partial charge on any atom is 0.182 e. The number of halogens is 3. The highest BCUT2D eigenvalue weighted by molar-refractivity contribution is 7.80. The van der Waals surface area contributed by atoms with Crippen molar-refractivity contribution in [1.29, 1.82) is 0 Å². The Morgan fingerprint density at radius 1 is 1.00 bits per heavy atom. The molecule has 0 saturated heterocycles. The number of hydrogen-bond donors (Lipinski definition) is 2. The molecule has 2 nitrogen and oxygen atoms in total. The van der Waals surface area contributed by atoms with Crippen LogP contribution in [0.4, 0.5) is 18.9 Å². The molecule has 20 heavy (non-hydrogen) atoms. The molecule has 0 aliphatic rings. The first kappa shape index (κ1) is 14.3. The summed E-state index contributed by atoms with van der Waals surface area (Å²) in [6.45, 7) is 0.239. The normalized spacial score (nSPS) is 10.3. The van der Waals surface area contributed by atoms with Gasteiger partial charge >= 0.3 is 0 Å². The molecule has 104 valence electrons.